The summed E-state index contributed by atoms with van der Waals surface area (Å²) in [5, 5.41) is 8.71. The molecule has 5 nitrogen and oxygen atoms in total. The van der Waals surface area contributed by atoms with Crippen LogP contribution in [0.4, 0.5) is 0 Å². The molecule has 5 heteroatoms. The summed E-state index contributed by atoms with van der Waals surface area (Å²) in [6.07, 6.45) is 0. The fraction of sp³-hybridized carbons (Fsp3) is 0.0667. The molecule has 0 unspecified atom stereocenters. The van der Waals surface area contributed by atoms with Gasteiger partial charge in [-0.3, -0.25) is 10.2 Å². The molecule has 0 aliphatic carbocycles. The Hall–Kier alpha value is -2.84. The first kappa shape index (κ1) is 13.6. The maximum Gasteiger partial charge on any atom is 0.265 e. The van der Waals surface area contributed by atoms with Gasteiger partial charge in [-0.25, -0.2) is 5.84 Å². The van der Waals surface area contributed by atoms with Crippen molar-refractivity contribution in [1.82, 2.24) is 5.43 Å². The fourth-order valence-corrected chi connectivity index (χ4v) is 1.73. The second-order valence-electron chi connectivity index (χ2n) is 4.06. The lowest BCUT2D eigenvalue weighted by Gasteiger charge is -2.10. The van der Waals surface area contributed by atoms with Gasteiger partial charge in [0.1, 0.15) is 12.4 Å². The summed E-state index contributed by atoms with van der Waals surface area (Å²) in [4.78, 5) is 11.6. The van der Waals surface area contributed by atoms with Crippen LogP contribution in [-0.2, 0) is 6.61 Å². The van der Waals surface area contributed by atoms with Gasteiger partial charge in [0.05, 0.1) is 11.6 Å². The second kappa shape index (κ2) is 6.36. The van der Waals surface area contributed by atoms with E-state index in [9.17, 15) is 4.79 Å². The van der Waals surface area contributed by atoms with E-state index in [1.165, 1.54) is 0 Å². The van der Waals surface area contributed by atoms with Crippen LogP contribution in [0.3, 0.4) is 0 Å². The van der Waals surface area contributed by atoms with Crippen LogP contribution in [0.2, 0.25) is 0 Å². The molecular formula is C15H13N3O2. The van der Waals surface area contributed by atoms with Gasteiger partial charge in [0.2, 0.25) is 0 Å². The third-order valence-corrected chi connectivity index (χ3v) is 2.77. The minimum atomic E-state index is -0.357. The molecule has 2 rings (SSSR count). The number of nitrogens with two attached hydrogens (primary N) is 1. The Morgan fingerprint density at radius 3 is 2.55 bits per heavy atom. The number of benzene rings is 2. The van der Waals surface area contributed by atoms with Crippen LogP contribution in [0.25, 0.3) is 0 Å². The van der Waals surface area contributed by atoms with Crippen molar-refractivity contribution in [2.24, 2.45) is 5.84 Å². The SMILES string of the molecule is N#Cc1ccc(OCc2ccccc2C(=O)NN)cc1. The van der Waals surface area contributed by atoms with Crippen molar-refractivity contribution in [3.8, 4) is 11.8 Å². The Morgan fingerprint density at radius 1 is 1.20 bits per heavy atom. The third kappa shape index (κ3) is 3.13. The van der Waals surface area contributed by atoms with Crippen LogP contribution in [0.1, 0.15) is 21.5 Å². The van der Waals surface area contributed by atoms with E-state index >= 15 is 0 Å². The maximum atomic E-state index is 11.6. The lowest BCUT2D eigenvalue weighted by molar-refractivity contribution is 0.0951. The highest BCUT2D eigenvalue weighted by Crippen LogP contribution is 2.15. The number of hydrogen-bond donors (Lipinski definition) is 2. The topological polar surface area (TPSA) is 88.1 Å². The van der Waals surface area contributed by atoms with Crippen molar-refractivity contribution in [2.45, 2.75) is 6.61 Å². The summed E-state index contributed by atoms with van der Waals surface area (Å²) in [5.41, 5.74) is 3.89. The summed E-state index contributed by atoms with van der Waals surface area (Å²) in [7, 11) is 0. The Bertz CT molecular complexity index is 645. The Morgan fingerprint density at radius 2 is 1.90 bits per heavy atom. The number of nitriles is 1. The van der Waals surface area contributed by atoms with Crippen LogP contribution >= 0.6 is 0 Å². The van der Waals surface area contributed by atoms with Gasteiger partial charge < -0.3 is 4.74 Å². The molecule has 100 valence electrons. The zero-order valence-electron chi connectivity index (χ0n) is 10.7. The monoisotopic (exact) mass is 267 g/mol. The fourth-order valence-electron chi connectivity index (χ4n) is 1.73. The average molecular weight is 267 g/mol. The van der Waals surface area contributed by atoms with Gasteiger partial charge in [-0.05, 0) is 30.3 Å². The summed E-state index contributed by atoms with van der Waals surface area (Å²) >= 11 is 0. The number of amides is 1. The van der Waals surface area contributed by atoms with E-state index in [1.54, 1.807) is 42.5 Å². The molecule has 0 saturated carbocycles. The van der Waals surface area contributed by atoms with E-state index in [0.717, 1.165) is 5.56 Å². The van der Waals surface area contributed by atoms with Crippen LogP contribution in [0, 0.1) is 11.3 Å². The van der Waals surface area contributed by atoms with Gasteiger partial charge in [0, 0.05) is 11.1 Å². The smallest absolute Gasteiger partial charge is 0.265 e. The molecule has 0 aliphatic heterocycles. The number of ether oxygens (including phenoxy) is 1. The molecule has 1 amide bonds. The highest BCUT2D eigenvalue weighted by atomic mass is 16.5. The van der Waals surface area contributed by atoms with E-state index in [4.69, 9.17) is 15.8 Å². The van der Waals surface area contributed by atoms with Crippen molar-refractivity contribution in [2.75, 3.05) is 0 Å². The van der Waals surface area contributed by atoms with Crippen molar-refractivity contribution >= 4 is 5.91 Å². The van der Waals surface area contributed by atoms with Crippen molar-refractivity contribution in [3.63, 3.8) is 0 Å². The number of carbonyl (C=O) groups excluding carboxylic acids is 1. The van der Waals surface area contributed by atoms with Crippen LogP contribution < -0.4 is 16.0 Å². The maximum absolute atomic E-state index is 11.6. The zero-order valence-corrected chi connectivity index (χ0v) is 10.7. The molecule has 20 heavy (non-hydrogen) atoms. The van der Waals surface area contributed by atoms with Gasteiger partial charge in [0.15, 0.2) is 0 Å². The van der Waals surface area contributed by atoms with E-state index in [2.05, 4.69) is 5.43 Å². The average Bonchev–Trinajstić information content (AvgIpc) is 2.53. The lowest BCUT2D eigenvalue weighted by Crippen LogP contribution is -2.30. The normalized spacial score (nSPS) is 9.60. The Kier molecular flexibility index (Phi) is 4.32. The van der Waals surface area contributed by atoms with Crippen LogP contribution in [0.5, 0.6) is 5.75 Å². The minimum absolute atomic E-state index is 0.246. The van der Waals surface area contributed by atoms with Crippen LogP contribution in [0.15, 0.2) is 48.5 Å². The van der Waals surface area contributed by atoms with Gasteiger partial charge in [-0.1, -0.05) is 18.2 Å². The number of rotatable bonds is 4. The molecule has 0 saturated heterocycles. The molecule has 0 spiro atoms. The molecule has 0 aliphatic rings. The number of nitrogens with one attached hydrogen (secondary N) is 1. The van der Waals surface area contributed by atoms with E-state index in [0.29, 0.717) is 16.9 Å². The van der Waals surface area contributed by atoms with Gasteiger partial charge in [0.25, 0.3) is 5.91 Å². The van der Waals surface area contributed by atoms with Crippen molar-refractivity contribution in [3.05, 3.63) is 65.2 Å². The molecular weight excluding hydrogens is 254 g/mol. The number of carbonyl (C=O) groups is 1. The molecule has 0 radical (unpaired) electrons. The first-order valence-electron chi connectivity index (χ1n) is 5.96. The highest BCUT2D eigenvalue weighted by molar-refractivity contribution is 5.95. The van der Waals surface area contributed by atoms with E-state index in [1.807, 2.05) is 12.1 Å². The standard InChI is InChI=1S/C15H13N3O2/c16-9-11-5-7-13(8-6-11)20-10-12-3-1-2-4-14(12)15(19)18-17/h1-8H,10,17H2,(H,18,19). The summed E-state index contributed by atoms with van der Waals surface area (Å²) in [6, 6.07) is 15.9. The molecule has 0 aromatic heterocycles. The highest BCUT2D eigenvalue weighted by Gasteiger charge is 2.09. The minimum Gasteiger partial charge on any atom is -0.489 e. The predicted octanol–water partition coefficient (Wildman–Crippen LogP) is 1.74. The number of nitrogens with zero attached hydrogens (tertiary/aromatic N) is 1. The molecule has 3 N–H and O–H groups in total. The van der Waals surface area contributed by atoms with Gasteiger partial charge in [-0.15, -0.1) is 0 Å². The Balaban J connectivity index is 2.10. The summed E-state index contributed by atoms with van der Waals surface area (Å²) in [6.45, 7) is 0.246. The van der Waals surface area contributed by atoms with E-state index in [-0.39, 0.29) is 12.5 Å². The Labute approximate surface area is 116 Å². The van der Waals surface area contributed by atoms with Gasteiger partial charge >= 0.3 is 0 Å². The molecule has 2 aromatic rings. The molecule has 2 aromatic carbocycles. The first-order valence-corrected chi connectivity index (χ1v) is 5.96. The molecule has 0 atom stereocenters. The van der Waals surface area contributed by atoms with Crippen LogP contribution in [-0.4, -0.2) is 5.91 Å². The largest absolute Gasteiger partial charge is 0.489 e. The quantitative estimate of drug-likeness (QED) is 0.501. The molecule has 0 heterocycles. The van der Waals surface area contributed by atoms with Crippen molar-refractivity contribution < 1.29 is 9.53 Å². The lowest BCUT2D eigenvalue weighted by atomic mass is 10.1. The second-order valence-corrected chi connectivity index (χ2v) is 4.06. The summed E-state index contributed by atoms with van der Waals surface area (Å²) < 4.78 is 5.60. The molecule has 0 fully saturated rings. The summed E-state index contributed by atoms with van der Waals surface area (Å²) in [5.74, 6) is 5.42. The number of hydrogen-bond acceptors (Lipinski definition) is 4. The van der Waals surface area contributed by atoms with Gasteiger partial charge in [-0.2, -0.15) is 5.26 Å². The molecule has 0 bridgehead atoms. The number of hydrazine groups is 1. The predicted molar refractivity (Wildman–Crippen MR) is 73.6 cm³/mol. The third-order valence-electron chi connectivity index (χ3n) is 2.77. The number of nitrogen functional groups attached to an aromatic ring is 1. The van der Waals surface area contributed by atoms with E-state index < -0.39 is 0 Å². The van der Waals surface area contributed by atoms with Crippen molar-refractivity contribution in [1.29, 1.82) is 5.26 Å². The zero-order chi connectivity index (χ0) is 14.4. The first-order chi connectivity index (χ1) is 9.74.